The van der Waals surface area contributed by atoms with E-state index in [9.17, 15) is 9.59 Å². The van der Waals surface area contributed by atoms with Crippen molar-refractivity contribution in [1.29, 1.82) is 0 Å². The van der Waals surface area contributed by atoms with E-state index >= 15 is 0 Å². The number of carbonyl (C=O) groups excluding carboxylic acids is 2. The summed E-state index contributed by atoms with van der Waals surface area (Å²) in [6, 6.07) is 7.03. The second-order valence-electron chi connectivity index (χ2n) is 3.87. The Labute approximate surface area is 120 Å². The predicted molar refractivity (Wildman–Crippen MR) is 78.4 cm³/mol. The van der Waals surface area contributed by atoms with Crippen LogP contribution in [0.3, 0.4) is 0 Å². The number of benzene rings is 1. The van der Waals surface area contributed by atoms with E-state index in [2.05, 4.69) is 10.6 Å². The molecule has 0 spiro atoms. The van der Waals surface area contributed by atoms with Crippen molar-refractivity contribution in [2.75, 3.05) is 12.4 Å². The Morgan fingerprint density at radius 3 is 3.00 bits per heavy atom. The van der Waals surface area contributed by atoms with Gasteiger partial charge in [0.05, 0.1) is 12.4 Å². The molecule has 0 aliphatic carbocycles. The van der Waals surface area contributed by atoms with Gasteiger partial charge in [0.1, 0.15) is 10.1 Å². The first-order chi connectivity index (χ1) is 9.08. The lowest BCUT2D eigenvalue weighted by Gasteiger charge is -2.08. The summed E-state index contributed by atoms with van der Waals surface area (Å²) in [6.07, 6.45) is 0.0911. The number of thioether (sulfide) groups is 1. The molecule has 100 valence electrons. The monoisotopic (exact) mass is 296 g/mol. The van der Waals surface area contributed by atoms with Gasteiger partial charge in [-0.1, -0.05) is 30.0 Å². The molecule has 1 saturated heterocycles. The first-order valence-corrected chi connectivity index (χ1v) is 6.82. The van der Waals surface area contributed by atoms with Gasteiger partial charge >= 0.3 is 0 Å². The van der Waals surface area contributed by atoms with Crippen LogP contribution in [0, 0.1) is 0 Å². The molecule has 1 heterocycles. The number of amides is 2. The number of anilines is 1. The molecule has 0 bridgehead atoms. The first kappa shape index (κ1) is 13.8. The first-order valence-electron chi connectivity index (χ1n) is 5.54. The molecule has 1 aliphatic rings. The van der Waals surface area contributed by atoms with E-state index in [4.69, 9.17) is 17.0 Å². The molecule has 1 fully saturated rings. The Morgan fingerprint density at radius 1 is 1.58 bits per heavy atom. The maximum Gasteiger partial charge on any atom is 0.239 e. The lowest BCUT2D eigenvalue weighted by Crippen LogP contribution is -2.27. The SMILES string of the molecule is COc1cccc(NC(=O)CC2SC(=S)NC2=O)c1. The fourth-order valence-electron chi connectivity index (χ4n) is 1.61. The summed E-state index contributed by atoms with van der Waals surface area (Å²) in [7, 11) is 1.56. The zero-order valence-corrected chi connectivity index (χ0v) is 11.8. The summed E-state index contributed by atoms with van der Waals surface area (Å²) in [4.78, 5) is 23.3. The number of nitrogens with one attached hydrogen (secondary N) is 2. The lowest BCUT2D eigenvalue weighted by molar-refractivity contribution is -0.122. The molecule has 0 saturated carbocycles. The van der Waals surface area contributed by atoms with E-state index in [0.29, 0.717) is 15.8 Å². The van der Waals surface area contributed by atoms with Gasteiger partial charge in [0.2, 0.25) is 11.8 Å². The van der Waals surface area contributed by atoms with Crippen molar-refractivity contribution in [2.24, 2.45) is 0 Å². The van der Waals surface area contributed by atoms with Crippen LogP contribution in [0.4, 0.5) is 5.69 Å². The molecule has 19 heavy (non-hydrogen) atoms. The number of methoxy groups -OCH3 is 1. The number of hydrogen-bond acceptors (Lipinski definition) is 5. The van der Waals surface area contributed by atoms with Gasteiger partial charge in [-0.25, -0.2) is 0 Å². The summed E-state index contributed by atoms with van der Waals surface area (Å²) in [5.74, 6) is 0.216. The number of thiocarbonyl (C=S) groups is 1. The van der Waals surface area contributed by atoms with Crippen molar-refractivity contribution < 1.29 is 14.3 Å². The van der Waals surface area contributed by atoms with Crippen molar-refractivity contribution in [3.05, 3.63) is 24.3 Å². The highest BCUT2D eigenvalue weighted by Crippen LogP contribution is 2.23. The van der Waals surface area contributed by atoms with E-state index in [-0.39, 0.29) is 18.2 Å². The van der Waals surface area contributed by atoms with Crippen molar-refractivity contribution in [1.82, 2.24) is 5.32 Å². The lowest BCUT2D eigenvalue weighted by atomic mass is 10.2. The molecule has 1 aliphatic heterocycles. The van der Waals surface area contributed by atoms with Crippen LogP contribution in [0.1, 0.15) is 6.42 Å². The third kappa shape index (κ3) is 3.68. The average Bonchev–Trinajstić information content (AvgIpc) is 2.68. The highest BCUT2D eigenvalue weighted by atomic mass is 32.2. The topological polar surface area (TPSA) is 67.4 Å². The largest absolute Gasteiger partial charge is 0.497 e. The van der Waals surface area contributed by atoms with Gasteiger partial charge in [-0.2, -0.15) is 0 Å². The molecule has 1 aromatic carbocycles. The summed E-state index contributed by atoms with van der Waals surface area (Å²) in [5, 5.41) is 4.79. The highest BCUT2D eigenvalue weighted by molar-refractivity contribution is 8.24. The van der Waals surface area contributed by atoms with Gasteiger partial charge in [0.25, 0.3) is 0 Å². The van der Waals surface area contributed by atoms with Gasteiger partial charge in [-0.15, -0.1) is 0 Å². The molecular formula is C12H12N2O3S2. The molecule has 2 N–H and O–H groups in total. The molecule has 0 radical (unpaired) electrons. The standard InChI is InChI=1S/C12H12N2O3S2/c1-17-8-4-2-3-7(5-8)13-10(15)6-9-11(16)14-12(18)19-9/h2-5,9H,6H2,1H3,(H,13,15)(H,14,16,18). The van der Waals surface area contributed by atoms with Crippen molar-refractivity contribution in [2.45, 2.75) is 11.7 Å². The van der Waals surface area contributed by atoms with Crippen LogP contribution in [-0.4, -0.2) is 28.5 Å². The number of rotatable bonds is 4. The van der Waals surface area contributed by atoms with E-state index < -0.39 is 5.25 Å². The molecule has 1 unspecified atom stereocenters. The highest BCUT2D eigenvalue weighted by Gasteiger charge is 2.30. The minimum atomic E-state index is -0.446. The summed E-state index contributed by atoms with van der Waals surface area (Å²) in [6.45, 7) is 0. The van der Waals surface area contributed by atoms with E-state index in [1.807, 2.05) is 0 Å². The number of carbonyl (C=O) groups is 2. The van der Waals surface area contributed by atoms with E-state index in [1.54, 1.807) is 31.4 Å². The average molecular weight is 296 g/mol. The zero-order valence-electron chi connectivity index (χ0n) is 10.1. The maximum absolute atomic E-state index is 11.8. The molecular weight excluding hydrogens is 284 g/mol. The van der Waals surface area contributed by atoms with Gasteiger partial charge in [-0.3, -0.25) is 9.59 Å². The summed E-state index contributed by atoms with van der Waals surface area (Å²) >= 11 is 6.08. The van der Waals surface area contributed by atoms with Crippen molar-refractivity contribution in [3.8, 4) is 5.75 Å². The second-order valence-corrected chi connectivity index (χ2v) is 5.75. The minimum Gasteiger partial charge on any atom is -0.497 e. The van der Waals surface area contributed by atoms with E-state index in [1.165, 1.54) is 11.8 Å². The molecule has 5 nitrogen and oxygen atoms in total. The normalized spacial score (nSPS) is 18.1. The molecule has 7 heteroatoms. The van der Waals surface area contributed by atoms with Crippen LogP contribution in [0.15, 0.2) is 24.3 Å². The zero-order chi connectivity index (χ0) is 13.8. The Hall–Kier alpha value is -1.60. The third-order valence-electron chi connectivity index (χ3n) is 2.49. The Morgan fingerprint density at radius 2 is 2.37 bits per heavy atom. The van der Waals surface area contributed by atoms with Gasteiger partial charge < -0.3 is 15.4 Å². The Balaban J connectivity index is 1.94. The second kappa shape index (κ2) is 6.03. The maximum atomic E-state index is 11.8. The van der Waals surface area contributed by atoms with Crippen LogP contribution >= 0.6 is 24.0 Å². The smallest absolute Gasteiger partial charge is 0.239 e. The quantitative estimate of drug-likeness (QED) is 0.825. The summed E-state index contributed by atoms with van der Waals surface area (Å²) in [5.41, 5.74) is 0.635. The molecule has 1 atom stereocenters. The van der Waals surface area contributed by atoms with Crippen molar-refractivity contribution in [3.63, 3.8) is 0 Å². The molecule has 1 aromatic rings. The summed E-state index contributed by atoms with van der Waals surface area (Å²) < 4.78 is 5.48. The molecule has 0 aromatic heterocycles. The van der Waals surface area contributed by atoms with Gasteiger partial charge in [-0.05, 0) is 12.1 Å². The fourth-order valence-corrected chi connectivity index (χ4v) is 2.88. The van der Waals surface area contributed by atoms with Crippen LogP contribution in [0.25, 0.3) is 0 Å². The van der Waals surface area contributed by atoms with E-state index in [0.717, 1.165) is 0 Å². The molecule has 2 amide bonds. The van der Waals surface area contributed by atoms with Crippen LogP contribution < -0.4 is 15.4 Å². The van der Waals surface area contributed by atoms with Crippen LogP contribution in [0.5, 0.6) is 5.75 Å². The predicted octanol–water partition coefficient (Wildman–Crippen LogP) is 1.54. The third-order valence-corrected chi connectivity index (χ3v) is 3.86. The number of ether oxygens (including phenoxy) is 1. The van der Waals surface area contributed by atoms with Crippen LogP contribution in [-0.2, 0) is 9.59 Å². The minimum absolute atomic E-state index is 0.0911. The van der Waals surface area contributed by atoms with Crippen molar-refractivity contribution >= 4 is 45.8 Å². The number of hydrogen-bond donors (Lipinski definition) is 2. The Kier molecular flexibility index (Phi) is 4.39. The molecule has 2 rings (SSSR count). The fraction of sp³-hybridized carbons (Fsp3) is 0.250. The van der Waals surface area contributed by atoms with Crippen LogP contribution in [0.2, 0.25) is 0 Å². The Bertz CT molecular complexity index is 533. The van der Waals surface area contributed by atoms with Gasteiger partial charge in [0, 0.05) is 18.2 Å². The van der Waals surface area contributed by atoms with Gasteiger partial charge in [0.15, 0.2) is 0 Å².